The highest BCUT2D eigenvalue weighted by atomic mass is 32.2. The monoisotopic (exact) mass is 345 g/mol. The van der Waals surface area contributed by atoms with Gasteiger partial charge in [-0.25, -0.2) is 13.1 Å². The molecule has 0 radical (unpaired) electrons. The largest absolute Gasteiger partial charge is 0.378 e. The van der Waals surface area contributed by atoms with Crippen molar-refractivity contribution in [2.75, 3.05) is 26.3 Å². The van der Waals surface area contributed by atoms with E-state index in [1.54, 1.807) is 0 Å². The standard InChI is InChI=1S/C14H23N3O5S/c1-4-5-6-17-7-8-21-9-12(17)14(18)16-23(19,20)13-10(2)15-22-11(13)3/h12H,4-9H2,1-3H3,(H,16,18). The molecular weight excluding hydrogens is 322 g/mol. The Kier molecular flexibility index (Phi) is 5.77. The zero-order valence-corrected chi connectivity index (χ0v) is 14.5. The summed E-state index contributed by atoms with van der Waals surface area (Å²) >= 11 is 0. The van der Waals surface area contributed by atoms with Crippen molar-refractivity contribution in [2.24, 2.45) is 0 Å². The SMILES string of the molecule is CCCCN1CCOCC1C(=O)NS(=O)(=O)c1c(C)noc1C. The average molecular weight is 345 g/mol. The Labute approximate surface area is 136 Å². The van der Waals surface area contributed by atoms with Crippen molar-refractivity contribution in [2.45, 2.75) is 44.6 Å². The van der Waals surface area contributed by atoms with Gasteiger partial charge in [0.25, 0.3) is 15.9 Å². The second kappa shape index (κ2) is 7.41. The highest BCUT2D eigenvalue weighted by Crippen LogP contribution is 2.19. The zero-order valence-electron chi connectivity index (χ0n) is 13.7. The predicted molar refractivity (Wildman–Crippen MR) is 82.4 cm³/mol. The normalized spacial score (nSPS) is 19.7. The molecule has 1 atom stereocenters. The number of nitrogens with one attached hydrogen (secondary N) is 1. The second-order valence-electron chi connectivity index (χ2n) is 5.60. The van der Waals surface area contributed by atoms with E-state index in [9.17, 15) is 13.2 Å². The molecule has 1 amide bonds. The molecule has 2 rings (SSSR count). The number of hydrogen-bond donors (Lipinski definition) is 1. The van der Waals surface area contributed by atoms with Crippen LogP contribution >= 0.6 is 0 Å². The van der Waals surface area contributed by atoms with Gasteiger partial charge in [0.15, 0.2) is 10.7 Å². The van der Waals surface area contributed by atoms with Crippen LogP contribution in [0.15, 0.2) is 9.42 Å². The number of nitrogens with zero attached hydrogens (tertiary/aromatic N) is 2. The number of rotatable bonds is 6. The third-order valence-corrected chi connectivity index (χ3v) is 5.40. The van der Waals surface area contributed by atoms with E-state index in [0.717, 1.165) is 19.4 Å². The van der Waals surface area contributed by atoms with E-state index < -0.39 is 22.0 Å². The summed E-state index contributed by atoms with van der Waals surface area (Å²) in [7, 11) is -4.01. The quantitative estimate of drug-likeness (QED) is 0.805. The molecule has 1 aromatic heterocycles. The van der Waals surface area contributed by atoms with Crippen molar-refractivity contribution in [1.82, 2.24) is 14.8 Å². The summed E-state index contributed by atoms with van der Waals surface area (Å²) in [4.78, 5) is 14.3. The molecule has 1 aliphatic heterocycles. The Bertz CT molecular complexity index is 636. The van der Waals surface area contributed by atoms with Gasteiger partial charge in [0.2, 0.25) is 0 Å². The minimum Gasteiger partial charge on any atom is -0.378 e. The van der Waals surface area contributed by atoms with Crippen LogP contribution in [0.1, 0.15) is 31.2 Å². The van der Waals surface area contributed by atoms with Crippen LogP contribution in [0.3, 0.4) is 0 Å². The first kappa shape index (κ1) is 17.9. The van der Waals surface area contributed by atoms with Crippen LogP contribution in [0.5, 0.6) is 0 Å². The van der Waals surface area contributed by atoms with E-state index in [2.05, 4.69) is 16.8 Å². The Morgan fingerprint density at radius 2 is 2.17 bits per heavy atom. The van der Waals surface area contributed by atoms with E-state index >= 15 is 0 Å². The number of hydrogen-bond acceptors (Lipinski definition) is 7. The van der Waals surface area contributed by atoms with Crippen molar-refractivity contribution in [3.63, 3.8) is 0 Å². The smallest absolute Gasteiger partial charge is 0.269 e. The molecule has 1 saturated heterocycles. The number of morpholine rings is 1. The fraction of sp³-hybridized carbons (Fsp3) is 0.714. The van der Waals surface area contributed by atoms with E-state index in [0.29, 0.717) is 13.2 Å². The molecule has 1 fully saturated rings. The Morgan fingerprint density at radius 3 is 2.78 bits per heavy atom. The molecule has 23 heavy (non-hydrogen) atoms. The number of ether oxygens (including phenoxy) is 1. The van der Waals surface area contributed by atoms with Gasteiger partial charge in [-0.1, -0.05) is 18.5 Å². The van der Waals surface area contributed by atoms with Crippen LogP contribution in [0.25, 0.3) is 0 Å². The van der Waals surface area contributed by atoms with Crippen LogP contribution in [-0.4, -0.2) is 56.7 Å². The highest BCUT2D eigenvalue weighted by molar-refractivity contribution is 7.90. The fourth-order valence-corrected chi connectivity index (χ4v) is 3.96. The maximum Gasteiger partial charge on any atom is 0.269 e. The maximum atomic E-state index is 12.4. The molecule has 0 saturated carbocycles. The van der Waals surface area contributed by atoms with E-state index in [4.69, 9.17) is 9.26 Å². The molecule has 130 valence electrons. The number of unbranched alkanes of at least 4 members (excludes halogenated alkanes) is 1. The molecule has 9 heteroatoms. The summed E-state index contributed by atoms with van der Waals surface area (Å²) in [5.41, 5.74) is 0.227. The van der Waals surface area contributed by atoms with Crippen LogP contribution < -0.4 is 4.72 Å². The zero-order chi connectivity index (χ0) is 17.0. The van der Waals surface area contributed by atoms with Crippen molar-refractivity contribution in [3.8, 4) is 0 Å². The number of sulfonamides is 1. The van der Waals surface area contributed by atoms with Crippen LogP contribution in [0.4, 0.5) is 0 Å². The molecule has 0 aromatic carbocycles. The molecular formula is C14H23N3O5S. The molecule has 1 aliphatic rings. The second-order valence-corrected chi connectivity index (χ2v) is 7.22. The minimum atomic E-state index is -4.01. The van der Waals surface area contributed by atoms with E-state index in [-0.39, 0.29) is 23.0 Å². The van der Waals surface area contributed by atoms with Crippen LogP contribution in [0.2, 0.25) is 0 Å². The molecule has 1 aromatic rings. The van der Waals surface area contributed by atoms with Gasteiger partial charge in [0.05, 0.1) is 13.2 Å². The lowest BCUT2D eigenvalue weighted by molar-refractivity contribution is -0.130. The van der Waals surface area contributed by atoms with Gasteiger partial charge in [-0.15, -0.1) is 0 Å². The number of amides is 1. The topological polar surface area (TPSA) is 102 Å². The highest BCUT2D eigenvalue weighted by Gasteiger charge is 2.33. The van der Waals surface area contributed by atoms with Crippen molar-refractivity contribution < 1.29 is 22.5 Å². The number of aromatic nitrogens is 1. The molecule has 0 bridgehead atoms. The number of aryl methyl sites for hydroxylation is 2. The van der Waals surface area contributed by atoms with Crippen molar-refractivity contribution in [1.29, 1.82) is 0 Å². The summed E-state index contributed by atoms with van der Waals surface area (Å²) in [5, 5.41) is 3.62. The minimum absolute atomic E-state index is 0.0808. The number of carbonyl (C=O) groups is 1. The van der Waals surface area contributed by atoms with Crippen molar-refractivity contribution >= 4 is 15.9 Å². The van der Waals surface area contributed by atoms with Crippen LogP contribution in [-0.2, 0) is 19.6 Å². The summed E-state index contributed by atoms with van der Waals surface area (Å²) in [6, 6.07) is -0.606. The van der Waals surface area contributed by atoms with Gasteiger partial charge in [0, 0.05) is 6.54 Å². The average Bonchev–Trinajstić information content (AvgIpc) is 2.84. The van der Waals surface area contributed by atoms with Gasteiger partial charge in [-0.3, -0.25) is 9.69 Å². The molecule has 1 N–H and O–H groups in total. The lowest BCUT2D eigenvalue weighted by atomic mass is 10.2. The van der Waals surface area contributed by atoms with Crippen LogP contribution in [0, 0.1) is 13.8 Å². The molecule has 1 unspecified atom stereocenters. The van der Waals surface area contributed by atoms with Gasteiger partial charge in [-0.2, -0.15) is 0 Å². The van der Waals surface area contributed by atoms with Gasteiger partial charge in [0.1, 0.15) is 11.7 Å². The van der Waals surface area contributed by atoms with Gasteiger partial charge >= 0.3 is 0 Å². The molecule has 0 spiro atoms. The summed E-state index contributed by atoms with van der Waals surface area (Å²) in [6.45, 7) is 7.17. The Morgan fingerprint density at radius 1 is 1.43 bits per heavy atom. The Balaban J connectivity index is 2.13. The van der Waals surface area contributed by atoms with Gasteiger partial charge in [-0.05, 0) is 26.8 Å². The first-order valence-corrected chi connectivity index (χ1v) is 9.16. The third kappa shape index (κ3) is 4.10. The lowest BCUT2D eigenvalue weighted by Crippen LogP contribution is -2.54. The van der Waals surface area contributed by atoms with E-state index in [1.807, 2.05) is 4.90 Å². The maximum absolute atomic E-state index is 12.4. The van der Waals surface area contributed by atoms with Crippen molar-refractivity contribution in [3.05, 3.63) is 11.5 Å². The number of carbonyl (C=O) groups excluding carboxylic acids is 1. The summed E-state index contributed by atoms with van der Waals surface area (Å²) < 4.78 is 37.2. The Hall–Kier alpha value is -1.45. The molecule has 8 nitrogen and oxygen atoms in total. The summed E-state index contributed by atoms with van der Waals surface area (Å²) in [6.07, 6.45) is 1.95. The molecule has 0 aliphatic carbocycles. The third-order valence-electron chi connectivity index (χ3n) is 3.81. The van der Waals surface area contributed by atoms with Gasteiger partial charge < -0.3 is 9.26 Å². The molecule has 2 heterocycles. The van der Waals surface area contributed by atoms with E-state index in [1.165, 1.54) is 13.8 Å². The lowest BCUT2D eigenvalue weighted by Gasteiger charge is -2.34. The fourth-order valence-electron chi connectivity index (χ4n) is 2.62. The summed E-state index contributed by atoms with van der Waals surface area (Å²) in [5.74, 6) is -0.425. The predicted octanol–water partition coefficient (Wildman–Crippen LogP) is 0.597. The first-order valence-electron chi connectivity index (χ1n) is 7.68. The first-order chi connectivity index (χ1) is 10.9.